The van der Waals surface area contributed by atoms with Gasteiger partial charge in [-0.3, -0.25) is 0 Å². The Labute approximate surface area is 118 Å². The van der Waals surface area contributed by atoms with Crippen molar-refractivity contribution in [3.05, 3.63) is 17.6 Å². The minimum atomic E-state index is -3.72. The van der Waals surface area contributed by atoms with Gasteiger partial charge in [-0.25, -0.2) is 17.9 Å². The average molecular weight is 301 g/mol. The SMILES string of the molecule is CCCC1(CNS(=O)(=O)c2cc(C(=O)O)oc2C)CC1. The number of furan rings is 1. The molecule has 0 aliphatic heterocycles. The molecule has 1 aromatic rings. The predicted molar refractivity (Wildman–Crippen MR) is 72.2 cm³/mol. The standard InChI is InChI=1S/C13H19NO5S/c1-3-4-13(5-6-13)8-14-20(17,18)11-7-10(12(15)16)19-9(11)2/h7,14H,3-6,8H2,1-2H3,(H,15,16). The molecule has 1 aromatic heterocycles. The van der Waals surface area contributed by atoms with Gasteiger partial charge >= 0.3 is 5.97 Å². The summed E-state index contributed by atoms with van der Waals surface area (Å²) in [6.45, 7) is 3.92. The molecule has 0 radical (unpaired) electrons. The summed E-state index contributed by atoms with van der Waals surface area (Å²) in [5.41, 5.74) is 0.0923. The molecule has 112 valence electrons. The van der Waals surface area contributed by atoms with Crippen LogP contribution in [-0.4, -0.2) is 26.0 Å². The van der Waals surface area contributed by atoms with E-state index in [0.29, 0.717) is 6.54 Å². The van der Waals surface area contributed by atoms with Crippen LogP contribution >= 0.6 is 0 Å². The van der Waals surface area contributed by atoms with Crippen LogP contribution in [0.25, 0.3) is 0 Å². The Bertz CT molecular complexity index is 613. The minimum Gasteiger partial charge on any atom is -0.475 e. The zero-order valence-electron chi connectivity index (χ0n) is 11.6. The third kappa shape index (κ3) is 3.04. The summed E-state index contributed by atoms with van der Waals surface area (Å²) in [6, 6.07) is 1.05. The van der Waals surface area contributed by atoms with E-state index in [9.17, 15) is 13.2 Å². The van der Waals surface area contributed by atoms with Crippen LogP contribution in [0, 0.1) is 12.3 Å². The van der Waals surface area contributed by atoms with Crippen molar-refractivity contribution in [3.8, 4) is 0 Å². The van der Waals surface area contributed by atoms with Crippen LogP contribution in [0.4, 0.5) is 0 Å². The number of aryl methyl sites for hydroxylation is 1. The normalized spacial score (nSPS) is 17.1. The molecule has 0 amide bonds. The van der Waals surface area contributed by atoms with Crippen LogP contribution in [0.15, 0.2) is 15.4 Å². The molecule has 6 nitrogen and oxygen atoms in total. The molecular formula is C13H19NO5S. The molecule has 2 rings (SSSR count). The maximum atomic E-state index is 12.2. The fourth-order valence-electron chi connectivity index (χ4n) is 2.39. The highest BCUT2D eigenvalue weighted by molar-refractivity contribution is 7.89. The van der Waals surface area contributed by atoms with Crippen molar-refractivity contribution in [2.45, 2.75) is 44.4 Å². The summed E-state index contributed by atoms with van der Waals surface area (Å²) < 4.78 is 31.9. The Balaban J connectivity index is 2.12. The van der Waals surface area contributed by atoms with Crippen molar-refractivity contribution in [1.82, 2.24) is 4.72 Å². The van der Waals surface area contributed by atoms with E-state index in [2.05, 4.69) is 11.6 Å². The average Bonchev–Trinajstić information content (AvgIpc) is 3.00. The molecule has 0 aromatic carbocycles. The van der Waals surface area contributed by atoms with E-state index in [1.54, 1.807) is 0 Å². The van der Waals surface area contributed by atoms with Crippen molar-refractivity contribution in [2.24, 2.45) is 5.41 Å². The van der Waals surface area contributed by atoms with Gasteiger partial charge in [-0.1, -0.05) is 13.3 Å². The topological polar surface area (TPSA) is 96.6 Å². The molecule has 1 aliphatic rings. The van der Waals surface area contributed by atoms with Crippen molar-refractivity contribution in [3.63, 3.8) is 0 Å². The van der Waals surface area contributed by atoms with Crippen LogP contribution in [0.3, 0.4) is 0 Å². The molecule has 0 spiro atoms. The van der Waals surface area contributed by atoms with Crippen molar-refractivity contribution in [2.75, 3.05) is 6.54 Å². The van der Waals surface area contributed by atoms with E-state index >= 15 is 0 Å². The molecule has 1 aliphatic carbocycles. The zero-order chi connectivity index (χ0) is 15.0. The number of rotatable bonds is 7. The Morgan fingerprint density at radius 3 is 2.60 bits per heavy atom. The Morgan fingerprint density at radius 2 is 2.15 bits per heavy atom. The molecular weight excluding hydrogens is 282 g/mol. The van der Waals surface area contributed by atoms with E-state index < -0.39 is 16.0 Å². The smallest absolute Gasteiger partial charge is 0.371 e. The summed E-state index contributed by atoms with van der Waals surface area (Å²) in [7, 11) is -3.72. The number of aromatic carboxylic acids is 1. The van der Waals surface area contributed by atoms with Crippen LogP contribution in [-0.2, 0) is 10.0 Å². The lowest BCUT2D eigenvalue weighted by Crippen LogP contribution is -2.30. The second-order valence-electron chi connectivity index (χ2n) is 5.41. The first kappa shape index (κ1) is 15.1. The number of hydrogen-bond donors (Lipinski definition) is 2. The molecule has 1 heterocycles. The number of carbonyl (C=O) groups is 1. The number of sulfonamides is 1. The highest BCUT2D eigenvalue weighted by Gasteiger charge is 2.42. The Kier molecular flexibility index (Phi) is 3.93. The van der Waals surface area contributed by atoms with Gasteiger partial charge in [0, 0.05) is 12.6 Å². The van der Waals surface area contributed by atoms with E-state index in [0.717, 1.165) is 31.7 Å². The minimum absolute atomic E-state index is 0.0923. The van der Waals surface area contributed by atoms with Gasteiger partial charge in [0.25, 0.3) is 0 Å². The molecule has 7 heteroatoms. The molecule has 20 heavy (non-hydrogen) atoms. The molecule has 2 N–H and O–H groups in total. The first-order chi connectivity index (χ1) is 9.30. The van der Waals surface area contributed by atoms with Gasteiger partial charge in [0.1, 0.15) is 10.7 Å². The maximum Gasteiger partial charge on any atom is 0.371 e. The zero-order valence-corrected chi connectivity index (χ0v) is 12.4. The molecule has 0 atom stereocenters. The van der Waals surface area contributed by atoms with Crippen molar-refractivity contribution >= 4 is 16.0 Å². The lowest BCUT2D eigenvalue weighted by atomic mass is 10.0. The fraction of sp³-hybridized carbons (Fsp3) is 0.615. The lowest BCUT2D eigenvalue weighted by molar-refractivity contribution is 0.0661. The van der Waals surface area contributed by atoms with Gasteiger partial charge in [0.15, 0.2) is 0 Å². The van der Waals surface area contributed by atoms with Crippen LogP contribution < -0.4 is 4.72 Å². The first-order valence-corrected chi connectivity index (χ1v) is 8.11. The highest BCUT2D eigenvalue weighted by Crippen LogP contribution is 2.49. The summed E-state index contributed by atoms with van der Waals surface area (Å²) in [5, 5.41) is 8.82. The van der Waals surface area contributed by atoms with Crippen molar-refractivity contribution in [1.29, 1.82) is 0 Å². The maximum absolute atomic E-state index is 12.2. The van der Waals surface area contributed by atoms with Gasteiger partial charge in [-0.2, -0.15) is 0 Å². The van der Waals surface area contributed by atoms with Crippen LogP contribution in [0.2, 0.25) is 0 Å². The van der Waals surface area contributed by atoms with Crippen LogP contribution in [0.1, 0.15) is 48.9 Å². The lowest BCUT2D eigenvalue weighted by Gasteiger charge is -2.14. The molecule has 0 unspecified atom stereocenters. The monoisotopic (exact) mass is 301 g/mol. The quantitative estimate of drug-likeness (QED) is 0.804. The summed E-state index contributed by atoms with van der Waals surface area (Å²) in [4.78, 5) is 10.7. The number of carboxylic acids is 1. The van der Waals surface area contributed by atoms with Gasteiger partial charge in [0.2, 0.25) is 15.8 Å². The summed E-state index contributed by atoms with van der Waals surface area (Å²) >= 11 is 0. The summed E-state index contributed by atoms with van der Waals surface area (Å²) in [6.07, 6.45) is 4.10. The van der Waals surface area contributed by atoms with Gasteiger partial charge in [-0.05, 0) is 31.6 Å². The predicted octanol–water partition coefficient (Wildman–Crippen LogP) is 2.14. The highest BCUT2D eigenvalue weighted by atomic mass is 32.2. The van der Waals surface area contributed by atoms with E-state index in [1.807, 2.05) is 0 Å². The molecule has 0 bridgehead atoms. The van der Waals surface area contributed by atoms with Crippen molar-refractivity contribution < 1.29 is 22.7 Å². The number of hydrogen-bond acceptors (Lipinski definition) is 4. The largest absolute Gasteiger partial charge is 0.475 e. The number of carboxylic acid groups (broad SMARTS) is 1. The first-order valence-electron chi connectivity index (χ1n) is 6.63. The Hall–Kier alpha value is -1.34. The third-order valence-corrected chi connectivity index (χ3v) is 5.26. The molecule has 0 saturated heterocycles. The second kappa shape index (κ2) is 5.21. The molecule has 1 saturated carbocycles. The van der Waals surface area contributed by atoms with Crippen LogP contribution in [0.5, 0.6) is 0 Å². The summed E-state index contributed by atoms with van der Waals surface area (Å²) in [5.74, 6) is -1.55. The van der Waals surface area contributed by atoms with E-state index in [4.69, 9.17) is 9.52 Å². The molecule has 1 fully saturated rings. The Morgan fingerprint density at radius 1 is 1.50 bits per heavy atom. The second-order valence-corrected chi connectivity index (χ2v) is 7.15. The van der Waals surface area contributed by atoms with Gasteiger partial charge < -0.3 is 9.52 Å². The number of nitrogens with one attached hydrogen (secondary N) is 1. The van der Waals surface area contributed by atoms with E-state index in [-0.39, 0.29) is 21.8 Å². The fourth-order valence-corrected chi connectivity index (χ4v) is 3.72. The van der Waals surface area contributed by atoms with E-state index in [1.165, 1.54) is 6.92 Å². The van der Waals surface area contributed by atoms with Gasteiger partial charge in [-0.15, -0.1) is 0 Å². The third-order valence-electron chi connectivity index (χ3n) is 3.75. The van der Waals surface area contributed by atoms with Gasteiger partial charge in [0.05, 0.1) is 0 Å².